The van der Waals surface area contributed by atoms with Gasteiger partial charge in [-0.2, -0.15) is 8.42 Å². The normalized spacial score (nSPS) is 25.7. The molecule has 1 aliphatic heterocycles. The van der Waals surface area contributed by atoms with E-state index in [1.54, 1.807) is 0 Å². The lowest BCUT2D eigenvalue weighted by Gasteiger charge is -2.37. The zero-order valence-corrected chi connectivity index (χ0v) is 23.9. The first-order valence-electron chi connectivity index (χ1n) is 10.3. The molecule has 2 aliphatic rings. The maximum absolute atomic E-state index is 10.9. The van der Waals surface area contributed by atoms with Crippen LogP contribution in [-0.4, -0.2) is 38.0 Å². The van der Waals surface area contributed by atoms with Gasteiger partial charge in [0.25, 0.3) is 10.1 Å². The fourth-order valence-electron chi connectivity index (χ4n) is 3.98. The Morgan fingerprint density at radius 1 is 1.07 bits per heavy atom. The smallest absolute Gasteiger partial charge is 0.264 e. The van der Waals surface area contributed by atoms with Gasteiger partial charge in [-0.3, -0.25) is 4.55 Å². The van der Waals surface area contributed by atoms with Crippen molar-refractivity contribution >= 4 is 77.9 Å². The average molecular weight is 776 g/mol. The van der Waals surface area contributed by atoms with Crippen LogP contribution in [0.3, 0.4) is 0 Å². The zero-order valence-electron chi connectivity index (χ0n) is 16.6. The quantitative estimate of drug-likeness (QED) is 0.219. The summed E-state index contributed by atoms with van der Waals surface area (Å²) in [5.41, 5.74) is 0.986. The third-order valence-electron chi connectivity index (χ3n) is 5.54. The molecule has 0 amide bonds. The van der Waals surface area contributed by atoms with Gasteiger partial charge < -0.3 is 14.2 Å². The van der Waals surface area contributed by atoms with Gasteiger partial charge in [0.05, 0.1) is 32.2 Å². The van der Waals surface area contributed by atoms with Crippen LogP contribution in [0.15, 0.2) is 6.07 Å². The second-order valence-corrected chi connectivity index (χ2v) is 12.8. The highest BCUT2D eigenvalue weighted by Crippen LogP contribution is 2.42. The second-order valence-electron chi connectivity index (χ2n) is 7.83. The third-order valence-corrected chi connectivity index (χ3v) is 9.11. The molecule has 0 spiro atoms. The van der Waals surface area contributed by atoms with E-state index in [9.17, 15) is 8.42 Å². The lowest BCUT2D eigenvalue weighted by molar-refractivity contribution is -0.244. The lowest BCUT2D eigenvalue weighted by Crippen LogP contribution is -2.36. The Labute approximate surface area is 219 Å². The van der Waals surface area contributed by atoms with E-state index in [1.165, 1.54) is 38.5 Å². The highest BCUT2D eigenvalue weighted by molar-refractivity contribution is 14.1. The summed E-state index contributed by atoms with van der Waals surface area (Å²) in [7, 11) is -3.98. The van der Waals surface area contributed by atoms with E-state index in [1.807, 2.05) is 6.07 Å². The molecule has 1 heterocycles. The highest BCUT2D eigenvalue weighted by atomic mass is 127. The van der Waals surface area contributed by atoms with Gasteiger partial charge in [0.15, 0.2) is 6.29 Å². The van der Waals surface area contributed by atoms with Crippen LogP contribution in [0.1, 0.15) is 63.2 Å². The largest absolute Gasteiger partial charge is 0.491 e. The van der Waals surface area contributed by atoms with E-state index in [0.29, 0.717) is 11.7 Å². The van der Waals surface area contributed by atoms with Crippen LogP contribution in [0, 0.1) is 16.6 Å². The molecule has 1 N–H and O–H groups in total. The SMILES string of the molecule is O=S(=O)(O)CCCOc1c(I)cc(I)c(C2OCC3CCCCCCCC3O2)c1I. The van der Waals surface area contributed by atoms with Crippen molar-refractivity contribution in [2.24, 2.45) is 5.92 Å². The molecule has 3 rings (SSSR count). The Bertz CT molecular complexity index is 832. The van der Waals surface area contributed by atoms with Crippen molar-refractivity contribution in [2.75, 3.05) is 19.0 Å². The topological polar surface area (TPSA) is 82.1 Å². The van der Waals surface area contributed by atoms with E-state index in [2.05, 4.69) is 67.8 Å². The molecule has 170 valence electrons. The Morgan fingerprint density at radius 2 is 1.77 bits per heavy atom. The molecule has 0 radical (unpaired) electrons. The predicted molar refractivity (Wildman–Crippen MR) is 140 cm³/mol. The van der Waals surface area contributed by atoms with Crippen LogP contribution in [-0.2, 0) is 19.6 Å². The van der Waals surface area contributed by atoms with Crippen LogP contribution in [0.4, 0.5) is 0 Å². The Balaban J connectivity index is 1.74. The number of ether oxygens (including phenoxy) is 3. The molecule has 0 aromatic heterocycles. The Morgan fingerprint density at radius 3 is 2.50 bits per heavy atom. The summed E-state index contributed by atoms with van der Waals surface area (Å²) < 4.78 is 52.3. The maximum Gasteiger partial charge on any atom is 0.264 e. The zero-order chi connectivity index (χ0) is 21.7. The molecule has 3 unspecified atom stereocenters. The summed E-state index contributed by atoms with van der Waals surface area (Å²) in [6.45, 7) is 0.931. The number of halogens is 3. The monoisotopic (exact) mass is 776 g/mol. The minimum Gasteiger partial charge on any atom is -0.491 e. The van der Waals surface area contributed by atoms with E-state index >= 15 is 0 Å². The highest BCUT2D eigenvalue weighted by Gasteiger charge is 2.35. The number of fused-ring (bicyclic) bond motifs is 1. The first kappa shape index (κ1) is 25.7. The number of benzene rings is 1. The van der Waals surface area contributed by atoms with Gasteiger partial charge in [-0.05, 0) is 93.1 Å². The van der Waals surface area contributed by atoms with Crippen LogP contribution < -0.4 is 4.74 Å². The fourth-order valence-corrected chi connectivity index (χ4v) is 8.66. The summed E-state index contributed by atoms with van der Waals surface area (Å²) in [5, 5.41) is 0. The molecule has 1 aromatic carbocycles. The van der Waals surface area contributed by atoms with Crippen molar-refractivity contribution in [1.29, 1.82) is 0 Å². The van der Waals surface area contributed by atoms with Crippen molar-refractivity contribution < 1.29 is 27.2 Å². The van der Waals surface area contributed by atoms with E-state index < -0.39 is 16.4 Å². The van der Waals surface area contributed by atoms with Crippen LogP contribution in [0.25, 0.3) is 0 Å². The van der Waals surface area contributed by atoms with Crippen molar-refractivity contribution in [2.45, 2.75) is 63.8 Å². The minimum absolute atomic E-state index is 0.211. The molecule has 2 fully saturated rings. The van der Waals surface area contributed by atoms with Gasteiger partial charge in [0.1, 0.15) is 5.75 Å². The molecule has 3 atom stereocenters. The molecule has 0 bridgehead atoms. The van der Waals surface area contributed by atoms with Gasteiger partial charge in [-0.15, -0.1) is 0 Å². The first-order valence-corrected chi connectivity index (χ1v) is 15.1. The maximum atomic E-state index is 10.9. The van der Waals surface area contributed by atoms with Crippen molar-refractivity contribution in [1.82, 2.24) is 0 Å². The van der Waals surface area contributed by atoms with Crippen molar-refractivity contribution in [3.63, 3.8) is 0 Å². The van der Waals surface area contributed by atoms with Crippen molar-refractivity contribution in [3.8, 4) is 5.75 Å². The van der Waals surface area contributed by atoms with Gasteiger partial charge in [-0.25, -0.2) is 0 Å². The molecule has 6 nitrogen and oxygen atoms in total. The third kappa shape index (κ3) is 7.27. The number of hydrogen-bond acceptors (Lipinski definition) is 5. The lowest BCUT2D eigenvalue weighted by atomic mass is 9.93. The van der Waals surface area contributed by atoms with Crippen LogP contribution in [0.2, 0.25) is 0 Å². The summed E-state index contributed by atoms with van der Waals surface area (Å²) in [5.74, 6) is 0.871. The molecule has 1 aliphatic carbocycles. The summed E-state index contributed by atoms with van der Waals surface area (Å²) >= 11 is 6.81. The molecular weight excluding hydrogens is 749 g/mol. The molecule has 1 saturated carbocycles. The van der Waals surface area contributed by atoms with Gasteiger partial charge >= 0.3 is 0 Å². The molecular formula is C20H27I3O6S. The Kier molecular flexibility index (Phi) is 10.2. The van der Waals surface area contributed by atoms with Crippen LogP contribution >= 0.6 is 67.8 Å². The van der Waals surface area contributed by atoms with Gasteiger partial charge in [0.2, 0.25) is 0 Å². The predicted octanol–water partition coefficient (Wildman–Crippen LogP) is 5.93. The van der Waals surface area contributed by atoms with Crippen molar-refractivity contribution in [3.05, 3.63) is 22.3 Å². The van der Waals surface area contributed by atoms with E-state index in [-0.39, 0.29) is 24.9 Å². The number of hydrogen-bond donors (Lipinski definition) is 1. The molecule has 10 heteroatoms. The van der Waals surface area contributed by atoms with Gasteiger partial charge in [-0.1, -0.05) is 32.1 Å². The Hall–Kier alpha value is 1.04. The minimum atomic E-state index is -3.98. The van der Waals surface area contributed by atoms with E-state index in [4.69, 9.17) is 18.8 Å². The number of rotatable bonds is 6. The standard InChI is InChI=1S/C20H27I3O6S/c21-14-11-15(22)19(27-9-6-10-30(24,25)26)18(23)17(14)20-28-12-13-7-4-2-1-3-5-8-16(13)29-20/h11,13,16,20H,1-10,12H2,(H,24,25,26). The average Bonchev–Trinajstić information content (AvgIpc) is 2.77. The second kappa shape index (κ2) is 12.0. The fraction of sp³-hybridized carbons (Fsp3) is 0.700. The van der Waals surface area contributed by atoms with E-state index in [0.717, 1.165) is 29.3 Å². The molecule has 30 heavy (non-hydrogen) atoms. The summed E-state index contributed by atoms with van der Waals surface area (Å²) in [6, 6.07) is 2.04. The molecule has 1 saturated heterocycles. The first-order chi connectivity index (χ1) is 14.3. The van der Waals surface area contributed by atoms with Crippen LogP contribution in [0.5, 0.6) is 5.75 Å². The summed E-state index contributed by atoms with van der Waals surface area (Å²) in [6.07, 6.45) is 8.64. The molecule has 1 aromatic rings. The van der Waals surface area contributed by atoms with Gasteiger partial charge in [0, 0.05) is 15.1 Å². The summed E-state index contributed by atoms with van der Waals surface area (Å²) in [4.78, 5) is 0.